The zero-order chi connectivity index (χ0) is 19.8. The number of methoxy groups -OCH3 is 1. The molecule has 0 bridgehead atoms. The zero-order valence-electron chi connectivity index (χ0n) is 15.4. The predicted molar refractivity (Wildman–Crippen MR) is 99.2 cm³/mol. The molecule has 1 atom stereocenters. The Morgan fingerprint density at radius 2 is 1.97 bits per heavy atom. The van der Waals surface area contributed by atoms with Crippen molar-refractivity contribution in [1.29, 1.82) is 0 Å². The van der Waals surface area contributed by atoms with Crippen LogP contribution in [0, 0.1) is 5.82 Å². The number of ether oxygens (including phenoxy) is 2. The van der Waals surface area contributed by atoms with Crippen molar-refractivity contribution in [3.05, 3.63) is 65.6 Å². The Hall–Kier alpha value is -3.59. The van der Waals surface area contributed by atoms with Crippen molar-refractivity contribution >= 4 is 0 Å². The van der Waals surface area contributed by atoms with Crippen LogP contribution in [-0.2, 0) is 17.9 Å². The number of halogens is 1. The molecule has 2 aromatic carbocycles. The Bertz CT molecular complexity index is 1160. The molecule has 9 heteroatoms. The van der Waals surface area contributed by atoms with E-state index in [0.717, 1.165) is 17.0 Å². The van der Waals surface area contributed by atoms with Gasteiger partial charge in [-0.05, 0) is 29.8 Å². The van der Waals surface area contributed by atoms with E-state index in [0.29, 0.717) is 12.2 Å². The summed E-state index contributed by atoms with van der Waals surface area (Å²) in [6, 6.07) is 14.0. The van der Waals surface area contributed by atoms with Crippen LogP contribution in [0.1, 0.15) is 17.4 Å². The molecular weight excluding hydrogens is 377 g/mol. The van der Waals surface area contributed by atoms with Gasteiger partial charge in [-0.15, -0.1) is 5.10 Å². The first-order valence-electron chi connectivity index (χ1n) is 9.00. The summed E-state index contributed by atoms with van der Waals surface area (Å²) in [5.74, 6) is 0.703. The number of hydrogen-bond donors (Lipinski definition) is 0. The summed E-state index contributed by atoms with van der Waals surface area (Å²) in [6.45, 7) is 0.791. The van der Waals surface area contributed by atoms with Crippen LogP contribution >= 0.6 is 0 Å². The fourth-order valence-corrected chi connectivity index (χ4v) is 3.27. The topological polar surface area (TPSA) is 88.1 Å². The van der Waals surface area contributed by atoms with E-state index in [4.69, 9.17) is 14.0 Å². The van der Waals surface area contributed by atoms with Gasteiger partial charge < -0.3 is 14.0 Å². The van der Waals surface area contributed by atoms with Gasteiger partial charge in [0.05, 0.1) is 31.5 Å². The second-order valence-corrected chi connectivity index (χ2v) is 6.54. The summed E-state index contributed by atoms with van der Waals surface area (Å²) < 4.78 is 32.2. The molecule has 29 heavy (non-hydrogen) atoms. The van der Waals surface area contributed by atoms with Crippen LogP contribution in [0.4, 0.5) is 4.39 Å². The molecule has 1 aliphatic heterocycles. The van der Waals surface area contributed by atoms with Gasteiger partial charge in [0.25, 0.3) is 5.89 Å². The third kappa shape index (κ3) is 3.15. The van der Waals surface area contributed by atoms with Crippen LogP contribution in [0.2, 0.25) is 0 Å². The number of aromatic nitrogens is 5. The third-order valence-corrected chi connectivity index (χ3v) is 4.83. The van der Waals surface area contributed by atoms with Crippen LogP contribution in [-0.4, -0.2) is 32.2 Å². The summed E-state index contributed by atoms with van der Waals surface area (Å²) in [7, 11) is 1.63. The van der Waals surface area contributed by atoms with E-state index in [2.05, 4.69) is 20.5 Å². The maximum atomic E-state index is 14.0. The van der Waals surface area contributed by atoms with Gasteiger partial charge in [-0.3, -0.25) is 0 Å². The lowest BCUT2D eigenvalue weighted by Crippen LogP contribution is -2.22. The van der Waals surface area contributed by atoms with Gasteiger partial charge in [-0.1, -0.05) is 34.6 Å². The molecule has 0 spiro atoms. The summed E-state index contributed by atoms with van der Waals surface area (Å²) in [4.78, 5) is 4.29. The summed E-state index contributed by atoms with van der Waals surface area (Å²) in [5.41, 5.74) is 2.46. The number of fused-ring (bicyclic) bond motifs is 1. The first-order chi connectivity index (χ1) is 14.2. The minimum absolute atomic E-state index is 0.153. The highest BCUT2D eigenvalue weighted by atomic mass is 19.1. The standard InChI is InChI=1S/C20H16FN5O3/c1-27-13-8-6-12(7-9-13)17-10-26-16(11-28-17)18(23-25-26)20-22-19(24-29-20)14-4-2-3-5-15(14)21/h2-9,17H,10-11H2,1H3. The van der Waals surface area contributed by atoms with Crippen molar-refractivity contribution in [2.45, 2.75) is 19.3 Å². The first-order valence-corrected chi connectivity index (χ1v) is 9.00. The number of rotatable bonds is 4. The van der Waals surface area contributed by atoms with Crippen molar-refractivity contribution in [1.82, 2.24) is 25.1 Å². The molecule has 0 aliphatic carbocycles. The maximum absolute atomic E-state index is 14.0. The van der Waals surface area contributed by atoms with E-state index in [1.165, 1.54) is 6.07 Å². The molecule has 2 aromatic heterocycles. The highest BCUT2D eigenvalue weighted by molar-refractivity contribution is 5.59. The highest BCUT2D eigenvalue weighted by Gasteiger charge is 2.28. The lowest BCUT2D eigenvalue weighted by molar-refractivity contribution is -0.00119. The SMILES string of the molecule is COc1ccc(C2Cn3nnc(-c4nc(-c5ccccc5F)no4)c3CO2)cc1. The molecule has 4 aromatic rings. The van der Waals surface area contributed by atoms with Gasteiger partial charge >= 0.3 is 0 Å². The highest BCUT2D eigenvalue weighted by Crippen LogP contribution is 2.31. The molecular formula is C20H16FN5O3. The largest absolute Gasteiger partial charge is 0.497 e. The molecule has 0 N–H and O–H groups in total. The van der Waals surface area contributed by atoms with Crippen LogP contribution in [0.15, 0.2) is 53.1 Å². The van der Waals surface area contributed by atoms with E-state index in [9.17, 15) is 4.39 Å². The Morgan fingerprint density at radius 1 is 1.14 bits per heavy atom. The van der Waals surface area contributed by atoms with Crippen molar-refractivity contribution in [2.24, 2.45) is 0 Å². The van der Waals surface area contributed by atoms with Crippen molar-refractivity contribution < 1.29 is 18.4 Å². The lowest BCUT2D eigenvalue weighted by Gasteiger charge is -2.24. The number of hydrogen-bond acceptors (Lipinski definition) is 7. The van der Waals surface area contributed by atoms with Crippen molar-refractivity contribution in [2.75, 3.05) is 7.11 Å². The minimum atomic E-state index is -0.421. The fourth-order valence-electron chi connectivity index (χ4n) is 3.27. The Morgan fingerprint density at radius 3 is 2.76 bits per heavy atom. The van der Waals surface area contributed by atoms with Gasteiger partial charge in [-0.2, -0.15) is 4.98 Å². The zero-order valence-corrected chi connectivity index (χ0v) is 15.4. The molecule has 5 rings (SSSR count). The van der Waals surface area contributed by atoms with Crippen LogP contribution in [0.25, 0.3) is 23.0 Å². The normalized spacial score (nSPS) is 15.9. The summed E-state index contributed by atoms with van der Waals surface area (Å²) in [6.07, 6.45) is -0.153. The molecule has 0 radical (unpaired) electrons. The van der Waals surface area contributed by atoms with E-state index in [-0.39, 0.29) is 30.0 Å². The molecule has 0 fully saturated rings. The molecule has 146 valence electrons. The van der Waals surface area contributed by atoms with Gasteiger partial charge in [0.2, 0.25) is 5.82 Å². The smallest absolute Gasteiger partial charge is 0.280 e. The van der Waals surface area contributed by atoms with Crippen LogP contribution < -0.4 is 4.74 Å². The van der Waals surface area contributed by atoms with Crippen LogP contribution in [0.5, 0.6) is 5.75 Å². The van der Waals surface area contributed by atoms with Gasteiger partial charge in [0.1, 0.15) is 17.7 Å². The average molecular weight is 393 g/mol. The monoisotopic (exact) mass is 393 g/mol. The van der Waals surface area contributed by atoms with Gasteiger partial charge in [0.15, 0.2) is 5.69 Å². The number of nitrogens with zero attached hydrogens (tertiary/aromatic N) is 5. The molecule has 0 saturated heterocycles. The molecule has 8 nitrogen and oxygen atoms in total. The van der Waals surface area contributed by atoms with Gasteiger partial charge in [0, 0.05) is 0 Å². The Labute approximate surface area is 164 Å². The van der Waals surface area contributed by atoms with Crippen molar-refractivity contribution in [3.8, 4) is 28.7 Å². The third-order valence-electron chi connectivity index (χ3n) is 4.83. The lowest BCUT2D eigenvalue weighted by atomic mass is 10.1. The first kappa shape index (κ1) is 17.5. The molecule has 3 heterocycles. The van der Waals surface area contributed by atoms with Crippen LogP contribution in [0.3, 0.4) is 0 Å². The Balaban J connectivity index is 1.40. The molecule has 0 amide bonds. The number of benzene rings is 2. The summed E-state index contributed by atoms with van der Waals surface area (Å²) >= 11 is 0. The fraction of sp³-hybridized carbons (Fsp3) is 0.200. The van der Waals surface area contributed by atoms with E-state index >= 15 is 0 Å². The minimum Gasteiger partial charge on any atom is -0.497 e. The second-order valence-electron chi connectivity index (χ2n) is 6.54. The van der Waals surface area contributed by atoms with Gasteiger partial charge in [-0.25, -0.2) is 9.07 Å². The summed E-state index contributed by atoms with van der Waals surface area (Å²) in [5, 5.41) is 12.3. The molecule has 0 saturated carbocycles. The quantitative estimate of drug-likeness (QED) is 0.525. The molecule has 1 aliphatic rings. The van der Waals surface area contributed by atoms with Crippen molar-refractivity contribution in [3.63, 3.8) is 0 Å². The molecule has 1 unspecified atom stereocenters. The van der Waals surface area contributed by atoms with E-state index in [1.54, 1.807) is 30.0 Å². The van der Waals surface area contributed by atoms with E-state index in [1.807, 2.05) is 24.3 Å². The predicted octanol–water partition coefficient (Wildman–Crippen LogP) is 3.41. The average Bonchev–Trinajstić information content (AvgIpc) is 3.40. The Kier molecular flexibility index (Phi) is 4.28. The second kappa shape index (κ2) is 7.10. The van der Waals surface area contributed by atoms with E-state index < -0.39 is 5.82 Å². The maximum Gasteiger partial charge on any atom is 0.280 e.